The maximum atomic E-state index is 12.6. The normalized spacial score (nSPS) is 12.0. The van der Waals surface area contributed by atoms with E-state index in [0.717, 1.165) is 37.2 Å². The second-order valence-corrected chi connectivity index (χ2v) is 12.1. The van der Waals surface area contributed by atoms with E-state index in [9.17, 15) is 4.79 Å². The van der Waals surface area contributed by atoms with E-state index in [1.54, 1.807) is 22.9 Å². The zero-order chi connectivity index (χ0) is 32.1. The van der Waals surface area contributed by atoms with Gasteiger partial charge in [-0.3, -0.25) is 5.32 Å². The number of anilines is 4. The Morgan fingerprint density at radius 1 is 1.04 bits per heavy atom. The monoisotopic (exact) mass is 607 g/mol. The quantitative estimate of drug-likeness (QED) is 0.138. The van der Waals surface area contributed by atoms with Crippen LogP contribution >= 0.6 is 0 Å². The molecule has 234 valence electrons. The lowest BCUT2D eigenvalue weighted by atomic mass is 9.93. The van der Waals surface area contributed by atoms with Crippen molar-refractivity contribution >= 4 is 40.1 Å². The number of nitrogens with one attached hydrogen (secondary N) is 2. The first-order chi connectivity index (χ1) is 21.6. The molecule has 0 radical (unpaired) electrons. The van der Waals surface area contributed by atoms with Gasteiger partial charge in [0.05, 0.1) is 11.1 Å². The van der Waals surface area contributed by atoms with E-state index in [0.29, 0.717) is 39.8 Å². The molecule has 0 spiro atoms. The summed E-state index contributed by atoms with van der Waals surface area (Å²) in [5.74, 6) is 1.39. The van der Waals surface area contributed by atoms with Crippen molar-refractivity contribution in [3.8, 4) is 16.9 Å². The third-order valence-corrected chi connectivity index (χ3v) is 7.62. The number of nitrogens with two attached hydrogens (primary N) is 1. The first kappa shape index (κ1) is 31.2. The van der Waals surface area contributed by atoms with Crippen LogP contribution in [0.2, 0.25) is 0 Å². The van der Waals surface area contributed by atoms with Crippen LogP contribution in [0.4, 0.5) is 27.8 Å². The zero-order valence-electron chi connectivity index (χ0n) is 26.8. The highest BCUT2D eigenvalue weighted by Gasteiger charge is 2.21. The molecule has 3 aromatic heterocycles. The smallest absolute Gasteiger partial charge is 0.324 e. The second-order valence-electron chi connectivity index (χ2n) is 12.1. The Bertz CT molecular complexity index is 1800. The van der Waals surface area contributed by atoms with Gasteiger partial charge < -0.3 is 20.5 Å². The van der Waals surface area contributed by atoms with Crippen molar-refractivity contribution in [1.29, 1.82) is 0 Å². The molecule has 0 fully saturated rings. The molecule has 0 unspecified atom stereocenters. The number of amides is 2. The van der Waals surface area contributed by atoms with E-state index in [1.165, 1.54) is 17.6 Å². The Labute approximate surface area is 263 Å². The van der Waals surface area contributed by atoms with Crippen LogP contribution in [0.5, 0.6) is 0 Å². The van der Waals surface area contributed by atoms with E-state index in [4.69, 9.17) is 15.4 Å². The SMILES string of the molecule is C/C=C(/C)CCN(CCC)c1ccc(-c2nn(-c3ccc(NC(=O)Nc4cc(C(C)(C)C)on4)cc3)c3ncnc(N)c23)cc1. The highest BCUT2D eigenvalue weighted by Crippen LogP contribution is 2.33. The number of rotatable bonds is 10. The van der Waals surface area contributed by atoms with E-state index in [-0.39, 0.29) is 5.41 Å². The third-order valence-electron chi connectivity index (χ3n) is 7.62. The van der Waals surface area contributed by atoms with Crippen LogP contribution < -0.4 is 21.3 Å². The molecule has 5 aromatic rings. The number of urea groups is 1. The van der Waals surface area contributed by atoms with E-state index in [2.05, 4.69) is 81.8 Å². The number of benzene rings is 2. The van der Waals surface area contributed by atoms with Gasteiger partial charge >= 0.3 is 6.03 Å². The van der Waals surface area contributed by atoms with Gasteiger partial charge in [0, 0.05) is 41.5 Å². The number of nitrogen functional groups attached to an aromatic ring is 1. The number of aromatic nitrogens is 5. The van der Waals surface area contributed by atoms with Crippen molar-refractivity contribution in [2.24, 2.45) is 0 Å². The molecule has 3 heterocycles. The van der Waals surface area contributed by atoms with Crippen LogP contribution in [0.3, 0.4) is 0 Å². The maximum Gasteiger partial charge on any atom is 0.324 e. The standard InChI is InChI=1S/C34H41N9O2/c1-7-18-42(19-17-22(3)8-2)25-13-9-23(10-14-25)30-29-31(35)36-21-37-32(29)43(40-30)26-15-11-24(12-16-26)38-33(44)39-28-20-27(45-41-28)34(4,5)6/h8-16,20-21H,7,17-19H2,1-6H3,(H2,35,36,37)(H2,38,39,41,44)/b22-8-. The van der Waals surface area contributed by atoms with Crippen molar-refractivity contribution in [3.05, 3.63) is 78.3 Å². The number of fused-ring (bicyclic) bond motifs is 1. The fraction of sp³-hybridized carbons (Fsp3) is 0.324. The average molecular weight is 608 g/mol. The van der Waals surface area contributed by atoms with E-state index >= 15 is 0 Å². The predicted octanol–water partition coefficient (Wildman–Crippen LogP) is 7.57. The van der Waals surface area contributed by atoms with Crippen molar-refractivity contribution < 1.29 is 9.32 Å². The third kappa shape index (κ3) is 7.14. The van der Waals surface area contributed by atoms with Gasteiger partial charge in [-0.2, -0.15) is 5.10 Å². The molecule has 0 aliphatic carbocycles. The minimum atomic E-state index is -0.429. The topological polar surface area (TPSA) is 140 Å². The van der Waals surface area contributed by atoms with Gasteiger partial charge in [-0.25, -0.2) is 19.4 Å². The Morgan fingerprint density at radius 3 is 2.42 bits per heavy atom. The highest BCUT2D eigenvalue weighted by atomic mass is 16.5. The largest absolute Gasteiger partial charge is 0.383 e. The van der Waals surface area contributed by atoms with Crippen molar-refractivity contribution in [2.75, 3.05) is 34.4 Å². The summed E-state index contributed by atoms with van der Waals surface area (Å²) >= 11 is 0. The molecule has 11 nitrogen and oxygen atoms in total. The van der Waals surface area contributed by atoms with Gasteiger partial charge in [0.1, 0.15) is 23.6 Å². The summed E-state index contributed by atoms with van der Waals surface area (Å²) in [6.45, 7) is 14.4. The molecule has 2 amide bonds. The molecular formula is C34H41N9O2. The predicted molar refractivity (Wildman–Crippen MR) is 181 cm³/mol. The molecular weight excluding hydrogens is 566 g/mol. The first-order valence-corrected chi connectivity index (χ1v) is 15.2. The van der Waals surface area contributed by atoms with Crippen LogP contribution in [0.25, 0.3) is 28.0 Å². The molecule has 5 rings (SSSR count). The Kier molecular flexibility index (Phi) is 9.17. The number of nitrogens with zero attached hydrogens (tertiary/aromatic N) is 6. The molecule has 0 saturated carbocycles. The maximum absolute atomic E-state index is 12.6. The Morgan fingerprint density at radius 2 is 1.78 bits per heavy atom. The fourth-order valence-electron chi connectivity index (χ4n) is 4.93. The summed E-state index contributed by atoms with van der Waals surface area (Å²) in [6, 6.07) is 17.0. The number of hydrogen-bond acceptors (Lipinski definition) is 8. The van der Waals surface area contributed by atoms with Gasteiger partial charge in [-0.05, 0) is 63.1 Å². The molecule has 45 heavy (non-hydrogen) atoms. The number of carbonyl (C=O) groups excluding carboxylic acids is 1. The lowest BCUT2D eigenvalue weighted by Gasteiger charge is -2.24. The highest BCUT2D eigenvalue weighted by molar-refractivity contribution is 6.00. The summed E-state index contributed by atoms with van der Waals surface area (Å²) in [5, 5.41) is 15.1. The molecule has 0 aliphatic heterocycles. The van der Waals surface area contributed by atoms with Gasteiger partial charge in [0.25, 0.3) is 0 Å². The van der Waals surface area contributed by atoms with Crippen molar-refractivity contribution in [2.45, 2.75) is 59.8 Å². The molecule has 0 aliphatic rings. The Hall–Kier alpha value is -5.19. The van der Waals surface area contributed by atoms with E-state index in [1.807, 2.05) is 32.9 Å². The van der Waals surface area contributed by atoms with Crippen molar-refractivity contribution in [1.82, 2.24) is 24.9 Å². The minimum absolute atomic E-state index is 0.212. The number of allylic oxidation sites excluding steroid dienone is 1. The zero-order valence-corrected chi connectivity index (χ0v) is 26.8. The molecule has 4 N–H and O–H groups in total. The Balaban J connectivity index is 1.37. The first-order valence-electron chi connectivity index (χ1n) is 15.2. The van der Waals surface area contributed by atoms with Gasteiger partial charge in [0.2, 0.25) is 0 Å². The van der Waals surface area contributed by atoms with Gasteiger partial charge in [-0.1, -0.05) is 56.6 Å². The molecule has 0 saturated heterocycles. The summed E-state index contributed by atoms with van der Waals surface area (Å²) in [7, 11) is 0. The van der Waals surface area contributed by atoms with Crippen LogP contribution in [0.1, 0.15) is 60.1 Å². The summed E-state index contributed by atoms with van der Waals surface area (Å²) in [4.78, 5) is 23.8. The summed E-state index contributed by atoms with van der Waals surface area (Å²) < 4.78 is 7.09. The van der Waals surface area contributed by atoms with Crippen LogP contribution in [-0.2, 0) is 5.41 Å². The molecule has 11 heteroatoms. The number of carbonyl (C=O) groups is 1. The second kappa shape index (κ2) is 13.2. The van der Waals surface area contributed by atoms with E-state index < -0.39 is 6.03 Å². The average Bonchev–Trinajstić information content (AvgIpc) is 3.66. The van der Waals surface area contributed by atoms with Gasteiger partial charge in [-0.15, -0.1) is 0 Å². The molecule has 0 atom stereocenters. The van der Waals surface area contributed by atoms with Gasteiger partial charge in [0.15, 0.2) is 11.5 Å². The molecule has 0 bridgehead atoms. The lowest BCUT2D eigenvalue weighted by molar-refractivity contribution is 0.262. The van der Waals surface area contributed by atoms with Crippen LogP contribution in [0.15, 0.2) is 77.1 Å². The van der Waals surface area contributed by atoms with Crippen molar-refractivity contribution in [3.63, 3.8) is 0 Å². The van der Waals surface area contributed by atoms with Crippen LogP contribution in [0, 0.1) is 0 Å². The fourth-order valence-corrected chi connectivity index (χ4v) is 4.93. The molecule has 2 aromatic carbocycles. The summed E-state index contributed by atoms with van der Waals surface area (Å²) in [6.07, 6.45) is 5.70. The lowest BCUT2D eigenvalue weighted by Crippen LogP contribution is -2.25. The summed E-state index contributed by atoms with van der Waals surface area (Å²) in [5.41, 5.74) is 12.3. The number of hydrogen-bond donors (Lipinski definition) is 3. The van der Waals surface area contributed by atoms with Crippen LogP contribution in [-0.4, -0.2) is 44.0 Å². The minimum Gasteiger partial charge on any atom is -0.383 e.